The number of methoxy groups -OCH3 is 1. The highest BCUT2D eigenvalue weighted by atomic mass is 16.5. The maximum atomic E-state index is 12.9. The van der Waals surface area contributed by atoms with Crippen molar-refractivity contribution in [1.29, 1.82) is 0 Å². The van der Waals surface area contributed by atoms with Gasteiger partial charge in [-0.3, -0.25) is 4.79 Å². The van der Waals surface area contributed by atoms with Crippen LogP contribution in [0.15, 0.2) is 60.7 Å². The molecule has 1 fully saturated rings. The van der Waals surface area contributed by atoms with Crippen molar-refractivity contribution in [1.82, 2.24) is 5.32 Å². The van der Waals surface area contributed by atoms with Gasteiger partial charge in [-0.15, -0.1) is 0 Å². The molecule has 0 spiro atoms. The number of rotatable bonds is 7. The Kier molecular flexibility index (Phi) is 7.55. The van der Waals surface area contributed by atoms with Crippen molar-refractivity contribution in [2.24, 2.45) is 0 Å². The molecule has 3 N–H and O–H groups in total. The van der Waals surface area contributed by atoms with Crippen molar-refractivity contribution in [3.05, 3.63) is 82.9 Å². The number of nitrogens with zero attached hydrogens (tertiary/aromatic N) is 1. The van der Waals surface area contributed by atoms with Crippen LogP contribution in [-0.4, -0.2) is 32.1 Å². The summed E-state index contributed by atoms with van der Waals surface area (Å²) in [5.41, 5.74) is 5.89. The zero-order valence-electron chi connectivity index (χ0n) is 20.5. The summed E-state index contributed by atoms with van der Waals surface area (Å²) >= 11 is 0. The van der Waals surface area contributed by atoms with Gasteiger partial charge in [-0.05, 0) is 79.8 Å². The fourth-order valence-electron chi connectivity index (χ4n) is 4.20. The van der Waals surface area contributed by atoms with E-state index < -0.39 is 0 Å². The van der Waals surface area contributed by atoms with Gasteiger partial charge >= 0.3 is 6.03 Å². The summed E-state index contributed by atoms with van der Waals surface area (Å²) in [6.07, 6.45) is 2.22. The first kappa shape index (κ1) is 24.1. The second kappa shape index (κ2) is 11.0. The van der Waals surface area contributed by atoms with Gasteiger partial charge in [-0.2, -0.15) is 0 Å². The van der Waals surface area contributed by atoms with Crippen LogP contribution in [0.4, 0.5) is 21.9 Å². The van der Waals surface area contributed by atoms with Gasteiger partial charge in [0.15, 0.2) is 0 Å². The van der Waals surface area contributed by atoms with Crippen LogP contribution in [-0.2, 0) is 6.54 Å². The quantitative estimate of drug-likeness (QED) is 0.425. The highest BCUT2D eigenvalue weighted by molar-refractivity contribution is 6.04. The van der Waals surface area contributed by atoms with Crippen LogP contribution in [0.1, 0.15) is 39.9 Å². The molecule has 1 heterocycles. The van der Waals surface area contributed by atoms with Gasteiger partial charge in [0.1, 0.15) is 5.75 Å². The zero-order chi connectivity index (χ0) is 24.8. The summed E-state index contributed by atoms with van der Waals surface area (Å²) in [5, 5.41) is 8.88. The lowest BCUT2D eigenvalue weighted by atomic mass is 10.1. The molecule has 0 bridgehead atoms. The number of aryl methyl sites for hydroxylation is 1. The van der Waals surface area contributed by atoms with Crippen LogP contribution < -0.4 is 25.6 Å². The van der Waals surface area contributed by atoms with Crippen molar-refractivity contribution >= 4 is 29.0 Å². The molecule has 1 saturated heterocycles. The highest BCUT2D eigenvalue weighted by Crippen LogP contribution is 2.30. The van der Waals surface area contributed by atoms with Gasteiger partial charge in [-0.1, -0.05) is 24.3 Å². The summed E-state index contributed by atoms with van der Waals surface area (Å²) in [6, 6.07) is 18.5. The second-order valence-electron chi connectivity index (χ2n) is 8.78. The number of carbonyl (C=O) groups is 2. The van der Waals surface area contributed by atoms with E-state index in [0.717, 1.165) is 59.7 Å². The van der Waals surface area contributed by atoms with E-state index in [4.69, 9.17) is 4.74 Å². The van der Waals surface area contributed by atoms with Gasteiger partial charge in [0.05, 0.1) is 18.5 Å². The van der Waals surface area contributed by atoms with E-state index in [1.165, 1.54) is 0 Å². The lowest BCUT2D eigenvalue weighted by Crippen LogP contribution is -2.26. The third-order valence-corrected chi connectivity index (χ3v) is 6.42. The number of urea groups is 1. The number of anilines is 3. The van der Waals surface area contributed by atoms with Gasteiger partial charge < -0.3 is 25.6 Å². The maximum Gasteiger partial charge on any atom is 0.323 e. The number of ether oxygens (including phenoxy) is 1. The molecule has 0 atom stereocenters. The minimum absolute atomic E-state index is 0.202. The monoisotopic (exact) mass is 472 g/mol. The van der Waals surface area contributed by atoms with E-state index >= 15 is 0 Å². The molecule has 0 aromatic heterocycles. The van der Waals surface area contributed by atoms with E-state index in [1.54, 1.807) is 13.2 Å². The summed E-state index contributed by atoms with van der Waals surface area (Å²) in [7, 11) is 1.62. The second-order valence-corrected chi connectivity index (χ2v) is 8.78. The standard InChI is InChI=1S/C28H32N4O3/c1-19-7-6-8-24(20(19)2)30-28(34)31-25-17-22(11-14-26(25)32-15-4-5-16-32)27(33)29-18-21-9-12-23(35-3)13-10-21/h6-14,17H,4-5,15-16,18H2,1-3H3,(H,29,33)(H2,30,31,34). The first-order valence-corrected chi connectivity index (χ1v) is 11.9. The first-order valence-electron chi connectivity index (χ1n) is 11.9. The van der Waals surface area contributed by atoms with Crippen LogP contribution in [0.5, 0.6) is 5.75 Å². The average molecular weight is 473 g/mol. The summed E-state index contributed by atoms with van der Waals surface area (Å²) in [4.78, 5) is 28.1. The molecule has 1 aliphatic heterocycles. The fourth-order valence-corrected chi connectivity index (χ4v) is 4.20. The predicted octanol–water partition coefficient (Wildman–Crippen LogP) is 5.49. The molecule has 0 saturated carbocycles. The minimum Gasteiger partial charge on any atom is -0.497 e. The molecule has 35 heavy (non-hydrogen) atoms. The number of hydrogen-bond donors (Lipinski definition) is 3. The Morgan fingerprint density at radius 1 is 0.914 bits per heavy atom. The molecule has 0 unspecified atom stereocenters. The Hall–Kier alpha value is -4.00. The third-order valence-electron chi connectivity index (χ3n) is 6.42. The predicted molar refractivity (Wildman–Crippen MR) is 141 cm³/mol. The summed E-state index contributed by atoms with van der Waals surface area (Å²) in [6.45, 7) is 6.24. The van der Waals surface area contributed by atoms with E-state index in [0.29, 0.717) is 17.8 Å². The number of amides is 3. The molecule has 3 aromatic rings. The van der Waals surface area contributed by atoms with Gasteiger partial charge in [0.25, 0.3) is 5.91 Å². The van der Waals surface area contributed by atoms with Gasteiger partial charge in [0.2, 0.25) is 0 Å². The van der Waals surface area contributed by atoms with Crippen LogP contribution in [0.25, 0.3) is 0 Å². The van der Waals surface area contributed by atoms with E-state index in [2.05, 4.69) is 20.9 Å². The van der Waals surface area contributed by atoms with Crippen molar-refractivity contribution in [2.75, 3.05) is 35.7 Å². The number of carbonyl (C=O) groups excluding carboxylic acids is 2. The molecule has 4 rings (SSSR count). The summed E-state index contributed by atoms with van der Waals surface area (Å²) in [5.74, 6) is 0.569. The van der Waals surface area contributed by atoms with Crippen molar-refractivity contribution in [3.8, 4) is 5.75 Å². The van der Waals surface area contributed by atoms with Gasteiger partial charge in [-0.25, -0.2) is 4.79 Å². The largest absolute Gasteiger partial charge is 0.497 e. The molecule has 3 aromatic carbocycles. The lowest BCUT2D eigenvalue weighted by Gasteiger charge is -2.22. The Morgan fingerprint density at radius 3 is 2.34 bits per heavy atom. The van der Waals surface area contributed by atoms with Crippen LogP contribution in [0.2, 0.25) is 0 Å². The summed E-state index contributed by atoms with van der Waals surface area (Å²) < 4.78 is 5.18. The maximum absolute atomic E-state index is 12.9. The van der Waals surface area contributed by atoms with Crippen molar-refractivity contribution < 1.29 is 14.3 Å². The molecule has 7 nitrogen and oxygen atoms in total. The molecule has 0 aliphatic carbocycles. The SMILES string of the molecule is COc1ccc(CNC(=O)c2ccc(N3CCCC3)c(NC(=O)Nc3cccc(C)c3C)c2)cc1. The topological polar surface area (TPSA) is 82.7 Å². The normalized spacial score (nSPS) is 12.8. The number of hydrogen-bond acceptors (Lipinski definition) is 4. The van der Waals surface area contributed by atoms with Crippen LogP contribution >= 0.6 is 0 Å². The lowest BCUT2D eigenvalue weighted by molar-refractivity contribution is 0.0951. The highest BCUT2D eigenvalue weighted by Gasteiger charge is 2.19. The number of nitrogens with one attached hydrogen (secondary N) is 3. The Morgan fingerprint density at radius 2 is 1.63 bits per heavy atom. The van der Waals surface area contributed by atoms with Gasteiger partial charge in [0, 0.05) is 30.9 Å². The molecular weight excluding hydrogens is 440 g/mol. The van der Waals surface area contributed by atoms with E-state index in [1.807, 2.05) is 68.4 Å². The minimum atomic E-state index is -0.338. The van der Waals surface area contributed by atoms with Crippen LogP contribution in [0.3, 0.4) is 0 Å². The third kappa shape index (κ3) is 5.93. The first-order chi connectivity index (χ1) is 16.9. The van der Waals surface area contributed by atoms with E-state index in [-0.39, 0.29) is 11.9 Å². The van der Waals surface area contributed by atoms with Crippen molar-refractivity contribution in [2.45, 2.75) is 33.2 Å². The molecule has 1 aliphatic rings. The fraction of sp³-hybridized carbons (Fsp3) is 0.286. The molecule has 0 radical (unpaired) electrons. The average Bonchev–Trinajstić information content (AvgIpc) is 3.40. The molecule has 7 heteroatoms. The Bertz CT molecular complexity index is 1200. The van der Waals surface area contributed by atoms with Crippen molar-refractivity contribution in [3.63, 3.8) is 0 Å². The molecular formula is C28H32N4O3. The molecule has 3 amide bonds. The van der Waals surface area contributed by atoms with E-state index in [9.17, 15) is 9.59 Å². The number of benzene rings is 3. The van der Waals surface area contributed by atoms with Crippen LogP contribution in [0, 0.1) is 13.8 Å². The Labute approximate surface area is 206 Å². The zero-order valence-corrected chi connectivity index (χ0v) is 20.5. The smallest absolute Gasteiger partial charge is 0.323 e. The molecule has 182 valence electrons. The Balaban J connectivity index is 1.50.